The Morgan fingerprint density at radius 1 is 1.39 bits per heavy atom. The molecule has 3 heteroatoms. The highest BCUT2D eigenvalue weighted by molar-refractivity contribution is 5.26. The van der Waals surface area contributed by atoms with Gasteiger partial charge in [-0.25, -0.2) is 0 Å². The van der Waals surface area contributed by atoms with Crippen molar-refractivity contribution in [1.82, 2.24) is 0 Å². The lowest BCUT2D eigenvalue weighted by atomic mass is 9.84. The van der Waals surface area contributed by atoms with E-state index in [-0.39, 0.29) is 0 Å². The summed E-state index contributed by atoms with van der Waals surface area (Å²) in [5.41, 5.74) is 1.61. The third kappa shape index (κ3) is 2.74. The van der Waals surface area contributed by atoms with E-state index in [9.17, 15) is 5.11 Å². The van der Waals surface area contributed by atoms with Crippen LogP contribution < -0.4 is 0 Å². The third-order valence-electron chi connectivity index (χ3n) is 3.63. The van der Waals surface area contributed by atoms with Crippen molar-refractivity contribution in [2.75, 3.05) is 19.8 Å². The molecule has 0 aliphatic carbocycles. The van der Waals surface area contributed by atoms with Crippen molar-refractivity contribution in [2.24, 2.45) is 0 Å². The number of hydrogen-bond donors (Lipinski definition) is 1. The van der Waals surface area contributed by atoms with Gasteiger partial charge in [0.05, 0.1) is 0 Å². The second-order valence-corrected chi connectivity index (χ2v) is 4.93. The van der Waals surface area contributed by atoms with Gasteiger partial charge in [0.15, 0.2) is 0 Å². The predicted molar refractivity (Wildman–Crippen MR) is 70.5 cm³/mol. The Labute approximate surface area is 109 Å². The van der Waals surface area contributed by atoms with Gasteiger partial charge in [-0.3, -0.25) is 0 Å². The first-order valence-electron chi connectivity index (χ1n) is 6.64. The average Bonchev–Trinajstić information content (AvgIpc) is 2.39. The lowest BCUT2D eigenvalue weighted by Gasteiger charge is -2.40. The Morgan fingerprint density at radius 3 is 2.72 bits per heavy atom. The molecule has 0 radical (unpaired) electrons. The van der Waals surface area contributed by atoms with Crippen LogP contribution in [0.25, 0.3) is 0 Å². The average molecular weight is 250 g/mol. The minimum atomic E-state index is -0.582. The molecule has 1 N–H and O–H groups in total. The van der Waals surface area contributed by atoms with Gasteiger partial charge in [-0.2, -0.15) is 0 Å². The Bertz CT molecular complexity index is 378. The SMILES string of the molecule is CCOC1(C(O)c2cccc(C)c2)CCOCC1. The fraction of sp³-hybridized carbons (Fsp3) is 0.600. The molecule has 1 aromatic carbocycles. The zero-order chi connectivity index (χ0) is 13.0. The van der Waals surface area contributed by atoms with E-state index < -0.39 is 11.7 Å². The summed E-state index contributed by atoms with van der Waals surface area (Å²) < 4.78 is 11.3. The van der Waals surface area contributed by atoms with Crippen LogP contribution in [0.4, 0.5) is 0 Å². The zero-order valence-electron chi connectivity index (χ0n) is 11.2. The number of aliphatic hydroxyl groups is 1. The maximum absolute atomic E-state index is 10.7. The molecular weight excluding hydrogens is 228 g/mol. The third-order valence-corrected chi connectivity index (χ3v) is 3.63. The summed E-state index contributed by atoms with van der Waals surface area (Å²) in [5, 5.41) is 10.7. The molecular formula is C15H22O3. The first-order chi connectivity index (χ1) is 8.68. The van der Waals surface area contributed by atoms with Crippen LogP contribution in [-0.2, 0) is 9.47 Å². The molecule has 0 saturated carbocycles. The lowest BCUT2D eigenvalue weighted by molar-refractivity contribution is -0.168. The van der Waals surface area contributed by atoms with Crippen LogP contribution in [0.2, 0.25) is 0 Å². The van der Waals surface area contributed by atoms with Crippen molar-refractivity contribution in [3.63, 3.8) is 0 Å². The molecule has 1 atom stereocenters. The van der Waals surface area contributed by atoms with Gasteiger partial charge in [0, 0.05) is 32.7 Å². The molecule has 0 amide bonds. The number of ether oxygens (including phenoxy) is 2. The minimum absolute atomic E-state index is 0.485. The van der Waals surface area contributed by atoms with Crippen LogP contribution in [0.3, 0.4) is 0 Å². The van der Waals surface area contributed by atoms with Crippen molar-refractivity contribution < 1.29 is 14.6 Å². The molecule has 1 aromatic rings. The van der Waals surface area contributed by atoms with Gasteiger partial charge in [-0.1, -0.05) is 29.8 Å². The van der Waals surface area contributed by atoms with Crippen molar-refractivity contribution in [3.8, 4) is 0 Å². The second-order valence-electron chi connectivity index (χ2n) is 4.93. The molecule has 18 heavy (non-hydrogen) atoms. The van der Waals surface area contributed by atoms with Crippen LogP contribution in [0.1, 0.15) is 37.0 Å². The summed E-state index contributed by atoms with van der Waals surface area (Å²) in [5.74, 6) is 0. The van der Waals surface area contributed by atoms with E-state index in [0.29, 0.717) is 19.8 Å². The quantitative estimate of drug-likeness (QED) is 0.892. The highest BCUT2D eigenvalue weighted by Crippen LogP contribution is 2.37. The van der Waals surface area contributed by atoms with Crippen LogP contribution >= 0.6 is 0 Å². The number of aryl methyl sites for hydroxylation is 1. The summed E-state index contributed by atoms with van der Waals surface area (Å²) in [6, 6.07) is 8.01. The minimum Gasteiger partial charge on any atom is -0.385 e. The molecule has 2 rings (SSSR count). The van der Waals surface area contributed by atoms with Gasteiger partial charge in [-0.15, -0.1) is 0 Å². The molecule has 1 unspecified atom stereocenters. The zero-order valence-corrected chi connectivity index (χ0v) is 11.2. The molecule has 0 aromatic heterocycles. The molecule has 1 fully saturated rings. The molecule has 1 heterocycles. The Morgan fingerprint density at radius 2 is 2.11 bits per heavy atom. The van der Waals surface area contributed by atoms with Crippen molar-refractivity contribution >= 4 is 0 Å². The van der Waals surface area contributed by atoms with E-state index in [4.69, 9.17) is 9.47 Å². The predicted octanol–water partition coefficient (Wildman–Crippen LogP) is 2.61. The van der Waals surface area contributed by atoms with Crippen LogP contribution in [0, 0.1) is 6.92 Å². The molecule has 0 bridgehead atoms. The van der Waals surface area contributed by atoms with Gasteiger partial charge in [-0.05, 0) is 19.4 Å². The summed E-state index contributed by atoms with van der Waals surface area (Å²) >= 11 is 0. The van der Waals surface area contributed by atoms with E-state index in [1.165, 1.54) is 0 Å². The first-order valence-corrected chi connectivity index (χ1v) is 6.64. The largest absolute Gasteiger partial charge is 0.385 e. The molecule has 3 nitrogen and oxygen atoms in total. The van der Waals surface area contributed by atoms with Crippen molar-refractivity contribution in [3.05, 3.63) is 35.4 Å². The Balaban J connectivity index is 2.24. The van der Waals surface area contributed by atoms with Crippen molar-refractivity contribution in [1.29, 1.82) is 0 Å². The van der Waals surface area contributed by atoms with Gasteiger partial charge in [0.25, 0.3) is 0 Å². The number of rotatable bonds is 4. The Kier molecular flexibility index (Phi) is 4.38. The normalized spacial score (nSPS) is 20.6. The van der Waals surface area contributed by atoms with Gasteiger partial charge >= 0.3 is 0 Å². The summed E-state index contributed by atoms with van der Waals surface area (Å²) in [6.45, 7) is 5.93. The smallest absolute Gasteiger partial charge is 0.108 e. The summed E-state index contributed by atoms with van der Waals surface area (Å²) in [7, 11) is 0. The number of aliphatic hydroxyl groups excluding tert-OH is 1. The van der Waals surface area contributed by atoms with Crippen LogP contribution in [-0.4, -0.2) is 30.5 Å². The standard InChI is InChI=1S/C15H22O3/c1-3-18-15(7-9-17-10-8-15)14(16)13-6-4-5-12(2)11-13/h4-6,11,14,16H,3,7-10H2,1-2H3. The molecule has 100 valence electrons. The highest BCUT2D eigenvalue weighted by atomic mass is 16.5. The van der Waals surface area contributed by atoms with E-state index in [2.05, 4.69) is 0 Å². The monoisotopic (exact) mass is 250 g/mol. The first kappa shape index (κ1) is 13.5. The van der Waals surface area contributed by atoms with Crippen molar-refractivity contribution in [2.45, 2.75) is 38.4 Å². The Hall–Kier alpha value is -0.900. The fourth-order valence-electron chi connectivity index (χ4n) is 2.65. The van der Waals surface area contributed by atoms with Gasteiger partial charge < -0.3 is 14.6 Å². The maximum atomic E-state index is 10.7. The maximum Gasteiger partial charge on any atom is 0.108 e. The van der Waals surface area contributed by atoms with Crippen LogP contribution in [0.5, 0.6) is 0 Å². The van der Waals surface area contributed by atoms with Crippen LogP contribution in [0.15, 0.2) is 24.3 Å². The lowest BCUT2D eigenvalue weighted by Crippen LogP contribution is -2.44. The number of benzene rings is 1. The summed E-state index contributed by atoms with van der Waals surface area (Å²) in [6.07, 6.45) is 0.910. The van der Waals surface area contributed by atoms with E-state index in [1.807, 2.05) is 38.1 Å². The second kappa shape index (κ2) is 5.83. The topological polar surface area (TPSA) is 38.7 Å². The fourth-order valence-corrected chi connectivity index (χ4v) is 2.65. The molecule has 0 spiro atoms. The van der Waals surface area contributed by atoms with E-state index >= 15 is 0 Å². The number of hydrogen-bond acceptors (Lipinski definition) is 3. The van der Waals surface area contributed by atoms with Gasteiger partial charge in [0.1, 0.15) is 11.7 Å². The summed E-state index contributed by atoms with van der Waals surface area (Å²) in [4.78, 5) is 0. The molecule has 1 aliphatic heterocycles. The van der Waals surface area contributed by atoms with E-state index in [1.54, 1.807) is 0 Å². The van der Waals surface area contributed by atoms with Gasteiger partial charge in [0.2, 0.25) is 0 Å². The highest BCUT2D eigenvalue weighted by Gasteiger charge is 2.41. The molecule has 1 saturated heterocycles. The molecule has 1 aliphatic rings. The van der Waals surface area contributed by atoms with E-state index in [0.717, 1.165) is 24.0 Å².